The van der Waals surface area contributed by atoms with E-state index in [2.05, 4.69) is 43.2 Å². The summed E-state index contributed by atoms with van der Waals surface area (Å²) in [7, 11) is 4.01. The zero-order valence-corrected chi connectivity index (χ0v) is 21.6. The topological polar surface area (TPSA) is 97.0 Å². The molecule has 0 amide bonds. The molecule has 1 heterocycles. The molecular weight excluding hydrogens is 486 g/mol. The molecule has 8 nitrogen and oxygen atoms in total. The van der Waals surface area contributed by atoms with Crippen LogP contribution in [0.2, 0.25) is 0 Å². The molecule has 0 aliphatic carbocycles. The molecule has 1 aliphatic rings. The van der Waals surface area contributed by atoms with Crippen molar-refractivity contribution in [1.82, 2.24) is 0 Å². The minimum absolute atomic E-state index is 0.107. The van der Waals surface area contributed by atoms with Gasteiger partial charge >= 0.3 is 0 Å². The van der Waals surface area contributed by atoms with E-state index < -0.39 is 0 Å². The Morgan fingerprint density at radius 1 is 0.615 bits per heavy atom. The van der Waals surface area contributed by atoms with Crippen LogP contribution in [-0.4, -0.2) is 19.2 Å². The molecule has 0 aromatic heterocycles. The second kappa shape index (κ2) is 10.3. The van der Waals surface area contributed by atoms with Crippen LogP contribution in [0.25, 0.3) is 10.8 Å². The molecule has 1 aliphatic heterocycles. The summed E-state index contributed by atoms with van der Waals surface area (Å²) < 4.78 is 0. The van der Waals surface area contributed by atoms with Gasteiger partial charge in [-0.05, 0) is 84.4 Å². The normalized spacial score (nSPS) is 14.5. The molecule has 0 spiro atoms. The largest absolute Gasteiger partial charge is 0.508 e. The number of benzene rings is 5. The molecule has 0 bridgehead atoms. The second-order valence-electron chi connectivity index (χ2n) is 9.50. The zero-order chi connectivity index (χ0) is 26.8. The third-order valence-corrected chi connectivity index (χ3v) is 6.61. The van der Waals surface area contributed by atoms with Gasteiger partial charge in [0.1, 0.15) is 11.9 Å². The van der Waals surface area contributed by atoms with E-state index >= 15 is 0 Å². The lowest BCUT2D eigenvalue weighted by Crippen LogP contribution is -2.23. The van der Waals surface area contributed by atoms with E-state index in [0.717, 1.165) is 56.1 Å². The molecule has 5 aromatic carbocycles. The Morgan fingerprint density at radius 3 is 1.79 bits per heavy atom. The molecule has 0 saturated carbocycles. The van der Waals surface area contributed by atoms with Crippen molar-refractivity contribution in [2.24, 2.45) is 20.5 Å². The standard InChI is InChI=1S/C31H27N7O/c1-38(2)24-14-12-23(13-15-24)35-34-21-8-10-22(11-9-21)36-37-27-18-19-29-30-26(27)4-3-5-28(30)32-31(33-29)20-6-16-25(39)17-7-20/h3-19,31-33,39H,1-2H3. The van der Waals surface area contributed by atoms with E-state index in [1.54, 1.807) is 12.1 Å². The van der Waals surface area contributed by atoms with Crippen molar-refractivity contribution in [3.63, 3.8) is 0 Å². The lowest BCUT2D eigenvalue weighted by molar-refractivity contribution is 0.475. The number of anilines is 3. The lowest BCUT2D eigenvalue weighted by Gasteiger charge is -2.30. The first-order valence-electron chi connectivity index (χ1n) is 12.6. The SMILES string of the molecule is CN(C)c1ccc(N=Nc2ccc(N=Nc3ccc4c5c(cccc35)NC(c3ccc(O)cc3)N4)cc2)cc1. The van der Waals surface area contributed by atoms with Crippen molar-refractivity contribution in [2.45, 2.75) is 6.17 Å². The van der Waals surface area contributed by atoms with Crippen molar-refractivity contribution in [3.05, 3.63) is 109 Å². The highest BCUT2D eigenvalue weighted by molar-refractivity contribution is 6.09. The number of rotatable bonds is 6. The van der Waals surface area contributed by atoms with Gasteiger partial charge in [0.25, 0.3) is 0 Å². The fourth-order valence-electron chi connectivity index (χ4n) is 4.53. The Morgan fingerprint density at radius 2 is 1.18 bits per heavy atom. The van der Waals surface area contributed by atoms with Gasteiger partial charge < -0.3 is 20.6 Å². The monoisotopic (exact) mass is 513 g/mol. The minimum Gasteiger partial charge on any atom is -0.508 e. The molecule has 0 radical (unpaired) electrons. The summed E-state index contributed by atoms with van der Waals surface area (Å²) in [6.07, 6.45) is -0.107. The number of aromatic hydroxyl groups is 1. The van der Waals surface area contributed by atoms with Gasteiger partial charge in [-0.15, -0.1) is 5.11 Å². The molecule has 6 rings (SSSR count). The van der Waals surface area contributed by atoms with E-state index in [-0.39, 0.29) is 11.9 Å². The van der Waals surface area contributed by atoms with Crippen LogP contribution in [0.3, 0.4) is 0 Å². The Labute approximate surface area is 226 Å². The third-order valence-electron chi connectivity index (χ3n) is 6.61. The van der Waals surface area contributed by atoms with Gasteiger partial charge in [0.05, 0.1) is 22.7 Å². The van der Waals surface area contributed by atoms with Crippen LogP contribution >= 0.6 is 0 Å². The summed E-state index contributed by atoms with van der Waals surface area (Å²) in [5, 5.41) is 36.5. The first-order chi connectivity index (χ1) is 19.0. The van der Waals surface area contributed by atoms with Crippen LogP contribution in [0.4, 0.5) is 39.8 Å². The quantitative estimate of drug-likeness (QED) is 0.197. The maximum Gasteiger partial charge on any atom is 0.123 e. The van der Waals surface area contributed by atoms with Crippen molar-refractivity contribution in [2.75, 3.05) is 29.6 Å². The summed E-state index contributed by atoms with van der Waals surface area (Å²) >= 11 is 0. The van der Waals surface area contributed by atoms with Crippen molar-refractivity contribution in [1.29, 1.82) is 0 Å². The fraction of sp³-hybridized carbons (Fsp3) is 0.0968. The second-order valence-corrected chi connectivity index (χ2v) is 9.50. The van der Waals surface area contributed by atoms with Gasteiger partial charge in [-0.25, -0.2) is 0 Å². The predicted octanol–water partition coefficient (Wildman–Crippen LogP) is 8.98. The molecule has 1 unspecified atom stereocenters. The number of nitrogens with one attached hydrogen (secondary N) is 2. The first-order valence-corrected chi connectivity index (χ1v) is 12.6. The van der Waals surface area contributed by atoms with Gasteiger partial charge in [-0.2, -0.15) is 15.3 Å². The number of hydrogen-bond donors (Lipinski definition) is 3. The van der Waals surface area contributed by atoms with Crippen LogP contribution in [0.1, 0.15) is 11.7 Å². The maximum atomic E-state index is 9.63. The molecule has 39 heavy (non-hydrogen) atoms. The molecule has 8 heteroatoms. The molecular formula is C31H27N7O. The summed E-state index contributed by atoms with van der Waals surface area (Å²) in [6.45, 7) is 0. The Kier molecular flexibility index (Phi) is 6.34. The van der Waals surface area contributed by atoms with Crippen LogP contribution in [0, 0.1) is 0 Å². The lowest BCUT2D eigenvalue weighted by atomic mass is 10.0. The Balaban J connectivity index is 1.19. The Hall–Kier alpha value is -5.24. The van der Waals surface area contributed by atoms with Crippen LogP contribution in [0.15, 0.2) is 124 Å². The van der Waals surface area contributed by atoms with E-state index in [0.29, 0.717) is 0 Å². The number of nitrogens with zero attached hydrogens (tertiary/aromatic N) is 5. The van der Waals surface area contributed by atoms with Crippen molar-refractivity contribution in [3.8, 4) is 5.75 Å². The summed E-state index contributed by atoms with van der Waals surface area (Å²) in [6, 6.07) is 32.8. The van der Waals surface area contributed by atoms with Gasteiger partial charge in [0, 0.05) is 41.9 Å². The summed E-state index contributed by atoms with van der Waals surface area (Å²) in [4.78, 5) is 2.04. The molecule has 1 atom stereocenters. The first kappa shape index (κ1) is 24.1. The van der Waals surface area contributed by atoms with Gasteiger partial charge in [-0.3, -0.25) is 0 Å². The number of hydrogen-bond acceptors (Lipinski definition) is 8. The molecule has 192 valence electrons. The van der Waals surface area contributed by atoms with Crippen LogP contribution in [-0.2, 0) is 0 Å². The summed E-state index contributed by atoms with van der Waals surface area (Å²) in [5.74, 6) is 0.247. The van der Waals surface area contributed by atoms with E-state index in [9.17, 15) is 5.11 Å². The zero-order valence-electron chi connectivity index (χ0n) is 21.6. The average molecular weight is 514 g/mol. The minimum atomic E-state index is -0.107. The van der Waals surface area contributed by atoms with Gasteiger partial charge in [-0.1, -0.05) is 24.3 Å². The highest BCUT2D eigenvalue weighted by Gasteiger charge is 2.21. The predicted molar refractivity (Wildman–Crippen MR) is 158 cm³/mol. The number of phenolic OH excluding ortho intramolecular Hbond substituents is 1. The van der Waals surface area contributed by atoms with E-state index in [1.807, 2.05) is 97.9 Å². The highest BCUT2D eigenvalue weighted by atomic mass is 16.3. The number of azo groups is 2. The fourth-order valence-corrected chi connectivity index (χ4v) is 4.53. The molecule has 5 aromatic rings. The molecule has 0 saturated heterocycles. The Bertz CT molecular complexity index is 1660. The van der Waals surface area contributed by atoms with Gasteiger partial charge in [0.15, 0.2) is 0 Å². The number of phenols is 1. The van der Waals surface area contributed by atoms with Crippen LogP contribution < -0.4 is 15.5 Å². The van der Waals surface area contributed by atoms with Crippen molar-refractivity contribution < 1.29 is 5.11 Å². The highest BCUT2D eigenvalue weighted by Crippen LogP contribution is 2.42. The van der Waals surface area contributed by atoms with Crippen LogP contribution in [0.5, 0.6) is 5.75 Å². The van der Waals surface area contributed by atoms with Gasteiger partial charge in [0.2, 0.25) is 0 Å². The maximum absolute atomic E-state index is 9.63. The summed E-state index contributed by atoms with van der Waals surface area (Å²) in [5.41, 5.74) is 7.23. The average Bonchev–Trinajstić information content (AvgIpc) is 2.97. The van der Waals surface area contributed by atoms with E-state index in [1.165, 1.54) is 0 Å². The van der Waals surface area contributed by atoms with E-state index in [4.69, 9.17) is 0 Å². The molecule has 0 fully saturated rings. The third kappa shape index (κ3) is 5.13. The molecule has 3 N–H and O–H groups in total. The smallest absolute Gasteiger partial charge is 0.123 e. The van der Waals surface area contributed by atoms with Crippen molar-refractivity contribution >= 4 is 50.6 Å².